The predicted octanol–water partition coefficient (Wildman–Crippen LogP) is 4.98. The van der Waals surface area contributed by atoms with Gasteiger partial charge in [-0.05, 0) is 69.1 Å². The first kappa shape index (κ1) is 21.9. The van der Waals surface area contributed by atoms with E-state index in [-0.39, 0.29) is 5.82 Å². The van der Waals surface area contributed by atoms with Crippen LogP contribution >= 0.6 is 0 Å². The third kappa shape index (κ3) is 4.67. The van der Waals surface area contributed by atoms with Crippen molar-refractivity contribution in [3.05, 3.63) is 52.3 Å². The second kappa shape index (κ2) is 9.90. The van der Waals surface area contributed by atoms with E-state index in [1.54, 1.807) is 7.11 Å². The van der Waals surface area contributed by atoms with Crippen LogP contribution in [-0.2, 0) is 19.4 Å². The third-order valence-electron chi connectivity index (χ3n) is 6.85. The van der Waals surface area contributed by atoms with E-state index < -0.39 is 0 Å². The Morgan fingerprint density at radius 2 is 1.65 bits per heavy atom. The molecule has 1 saturated heterocycles. The first-order chi connectivity index (χ1) is 15.1. The molecule has 168 valence electrons. The van der Waals surface area contributed by atoms with Crippen molar-refractivity contribution in [2.75, 3.05) is 43.1 Å². The molecule has 0 spiro atoms. The van der Waals surface area contributed by atoms with E-state index in [9.17, 15) is 4.39 Å². The van der Waals surface area contributed by atoms with Gasteiger partial charge in [-0.3, -0.25) is 0 Å². The molecule has 4 nitrogen and oxygen atoms in total. The summed E-state index contributed by atoms with van der Waals surface area (Å²) in [6.07, 6.45) is 8.31. The Morgan fingerprint density at radius 3 is 2.35 bits per heavy atom. The van der Waals surface area contributed by atoms with Crippen LogP contribution in [0.5, 0.6) is 5.75 Å². The molecule has 0 aromatic heterocycles. The molecule has 3 aliphatic rings. The Kier molecular flexibility index (Phi) is 7.01. The van der Waals surface area contributed by atoms with Crippen molar-refractivity contribution in [1.82, 2.24) is 0 Å². The highest BCUT2D eigenvalue weighted by Gasteiger charge is 2.26. The minimum absolute atomic E-state index is 0.0420. The largest absolute Gasteiger partial charge is 0.496 e. The van der Waals surface area contributed by atoms with Gasteiger partial charge in [0.15, 0.2) is 0 Å². The van der Waals surface area contributed by atoms with Crippen LogP contribution in [0.1, 0.15) is 54.4 Å². The summed E-state index contributed by atoms with van der Waals surface area (Å²) in [6.45, 7) is 6.96. The quantitative estimate of drug-likeness (QED) is 0.753. The van der Waals surface area contributed by atoms with Gasteiger partial charge in [0.2, 0.25) is 0 Å². The minimum Gasteiger partial charge on any atom is -0.496 e. The lowest BCUT2D eigenvalue weighted by molar-refractivity contribution is 0.409. The van der Waals surface area contributed by atoms with E-state index in [0.717, 1.165) is 67.9 Å². The third-order valence-corrected chi connectivity index (χ3v) is 6.85. The van der Waals surface area contributed by atoms with Gasteiger partial charge in [-0.1, -0.05) is 12.1 Å². The molecule has 0 amide bonds. The van der Waals surface area contributed by atoms with Crippen molar-refractivity contribution in [3.8, 4) is 5.75 Å². The second-order valence-electron chi connectivity index (χ2n) is 8.94. The summed E-state index contributed by atoms with van der Waals surface area (Å²) in [4.78, 5) is 4.80. The number of rotatable bonds is 3. The SMILES string of the molecule is COc1cc(N2CCCCC2)ccc1CN.Cc1cc2c3c(c1F)CCCN3CCC2. The average molecular weight is 426 g/mol. The molecule has 0 unspecified atom stereocenters. The van der Waals surface area contributed by atoms with E-state index in [0.29, 0.717) is 6.54 Å². The molecule has 2 N–H and O–H groups in total. The van der Waals surface area contributed by atoms with Crippen molar-refractivity contribution in [1.29, 1.82) is 0 Å². The molecule has 31 heavy (non-hydrogen) atoms. The van der Waals surface area contributed by atoms with E-state index in [4.69, 9.17) is 10.5 Å². The summed E-state index contributed by atoms with van der Waals surface area (Å²) in [7, 11) is 1.70. The Balaban J connectivity index is 0.000000149. The van der Waals surface area contributed by atoms with Gasteiger partial charge in [0.25, 0.3) is 0 Å². The van der Waals surface area contributed by atoms with Crippen LogP contribution in [0.2, 0.25) is 0 Å². The van der Waals surface area contributed by atoms with Crippen molar-refractivity contribution < 1.29 is 9.13 Å². The highest BCUT2D eigenvalue weighted by molar-refractivity contribution is 5.64. The van der Waals surface area contributed by atoms with Gasteiger partial charge >= 0.3 is 0 Å². The number of benzene rings is 2. The lowest BCUT2D eigenvalue weighted by Gasteiger charge is -2.37. The van der Waals surface area contributed by atoms with E-state index in [2.05, 4.69) is 28.0 Å². The number of hydrogen-bond donors (Lipinski definition) is 1. The zero-order valence-electron chi connectivity index (χ0n) is 19.1. The topological polar surface area (TPSA) is 41.7 Å². The molecule has 0 saturated carbocycles. The molecule has 3 aliphatic heterocycles. The van der Waals surface area contributed by atoms with Crippen LogP contribution in [0.3, 0.4) is 0 Å². The van der Waals surface area contributed by atoms with Crippen LogP contribution < -0.4 is 20.3 Å². The molecule has 5 heteroatoms. The number of ether oxygens (including phenoxy) is 1. The van der Waals surface area contributed by atoms with Crippen LogP contribution in [-0.4, -0.2) is 33.3 Å². The molecule has 0 atom stereocenters. The zero-order valence-corrected chi connectivity index (χ0v) is 19.1. The Labute approximate surface area is 186 Å². The fourth-order valence-electron chi connectivity index (χ4n) is 5.23. The standard InChI is InChI=1S/C13H16FN.C13H20N2O/c1-9-8-10-4-2-6-15-7-3-5-11(12(9)14)13(10)15;1-16-13-9-12(6-5-11(13)10-14)15-7-3-2-4-8-15/h8H,2-7H2,1H3;5-6,9H,2-4,7-8,10,14H2,1H3. The highest BCUT2D eigenvalue weighted by Crippen LogP contribution is 2.37. The van der Waals surface area contributed by atoms with Gasteiger partial charge in [0.1, 0.15) is 11.6 Å². The molecular weight excluding hydrogens is 389 g/mol. The Hall–Kier alpha value is -2.27. The zero-order chi connectivity index (χ0) is 21.8. The number of anilines is 2. The average Bonchev–Trinajstić information content (AvgIpc) is 2.83. The minimum atomic E-state index is 0.0420. The monoisotopic (exact) mass is 425 g/mol. The first-order valence-electron chi connectivity index (χ1n) is 11.8. The maximum Gasteiger partial charge on any atom is 0.131 e. The van der Waals surface area contributed by atoms with Crippen LogP contribution in [0.25, 0.3) is 0 Å². The van der Waals surface area contributed by atoms with Crippen LogP contribution in [0.4, 0.5) is 15.8 Å². The maximum atomic E-state index is 14.0. The molecule has 0 bridgehead atoms. The summed E-state index contributed by atoms with van der Waals surface area (Å²) in [5.41, 5.74) is 12.4. The van der Waals surface area contributed by atoms with Gasteiger partial charge < -0.3 is 20.3 Å². The number of methoxy groups -OCH3 is 1. The van der Waals surface area contributed by atoms with Crippen molar-refractivity contribution in [2.45, 2.75) is 58.4 Å². The Morgan fingerprint density at radius 1 is 0.935 bits per heavy atom. The summed E-state index contributed by atoms with van der Waals surface area (Å²) in [5.74, 6) is 0.950. The molecule has 0 radical (unpaired) electrons. The number of nitrogens with zero attached hydrogens (tertiary/aromatic N) is 2. The van der Waals surface area contributed by atoms with E-state index in [1.807, 2.05) is 13.0 Å². The maximum absolute atomic E-state index is 14.0. The normalized spacial score (nSPS) is 17.5. The van der Waals surface area contributed by atoms with Gasteiger partial charge in [0.05, 0.1) is 7.11 Å². The lowest BCUT2D eigenvalue weighted by atomic mass is 9.90. The van der Waals surface area contributed by atoms with Crippen LogP contribution in [0.15, 0.2) is 24.3 Å². The molecule has 3 heterocycles. The van der Waals surface area contributed by atoms with Crippen molar-refractivity contribution in [3.63, 3.8) is 0 Å². The molecule has 2 aromatic rings. The smallest absolute Gasteiger partial charge is 0.131 e. The number of nitrogens with two attached hydrogens (primary N) is 1. The second-order valence-corrected chi connectivity index (χ2v) is 8.94. The molecule has 5 rings (SSSR count). The summed E-state index contributed by atoms with van der Waals surface area (Å²) < 4.78 is 19.3. The van der Waals surface area contributed by atoms with Gasteiger partial charge in [-0.15, -0.1) is 0 Å². The molecule has 0 aliphatic carbocycles. The summed E-state index contributed by atoms with van der Waals surface area (Å²) >= 11 is 0. The van der Waals surface area contributed by atoms with E-state index >= 15 is 0 Å². The highest BCUT2D eigenvalue weighted by atomic mass is 19.1. The van der Waals surface area contributed by atoms with Crippen LogP contribution in [0, 0.1) is 12.7 Å². The molecule has 1 fully saturated rings. The fourth-order valence-corrected chi connectivity index (χ4v) is 5.23. The number of halogens is 1. The van der Waals surface area contributed by atoms with E-state index in [1.165, 1.54) is 42.6 Å². The van der Waals surface area contributed by atoms with Crippen molar-refractivity contribution >= 4 is 11.4 Å². The lowest BCUT2D eigenvalue weighted by Crippen LogP contribution is -2.35. The number of hydrogen-bond acceptors (Lipinski definition) is 4. The van der Waals surface area contributed by atoms with Gasteiger partial charge in [-0.2, -0.15) is 0 Å². The predicted molar refractivity (Wildman–Crippen MR) is 127 cm³/mol. The number of aryl methyl sites for hydroxylation is 2. The van der Waals surface area contributed by atoms with Gasteiger partial charge in [-0.25, -0.2) is 4.39 Å². The summed E-state index contributed by atoms with van der Waals surface area (Å²) in [6, 6.07) is 8.37. The van der Waals surface area contributed by atoms with Crippen molar-refractivity contribution in [2.24, 2.45) is 5.73 Å². The number of piperidine rings is 1. The summed E-state index contributed by atoms with van der Waals surface area (Å²) in [5, 5.41) is 0. The molecular formula is C26H36FN3O. The Bertz CT molecular complexity index is 906. The van der Waals surface area contributed by atoms with Gasteiger partial charge in [0, 0.05) is 61.3 Å². The molecule has 2 aromatic carbocycles. The first-order valence-corrected chi connectivity index (χ1v) is 11.8. The fraction of sp³-hybridized carbons (Fsp3) is 0.538.